The maximum atomic E-state index is 11.8. The summed E-state index contributed by atoms with van der Waals surface area (Å²) >= 11 is 1.81. The van der Waals surface area contributed by atoms with Crippen molar-refractivity contribution >= 4 is 23.4 Å². The zero-order valence-corrected chi connectivity index (χ0v) is 10.4. The van der Waals surface area contributed by atoms with E-state index in [1.54, 1.807) is 0 Å². The molecule has 0 bridgehead atoms. The highest BCUT2D eigenvalue weighted by molar-refractivity contribution is 7.99. The Morgan fingerprint density at radius 2 is 2.38 bits per heavy atom. The van der Waals surface area contributed by atoms with E-state index in [0.29, 0.717) is 0 Å². The van der Waals surface area contributed by atoms with Crippen molar-refractivity contribution in [1.82, 2.24) is 0 Å². The third-order valence-electron chi connectivity index (χ3n) is 2.74. The number of amides is 1. The molecule has 2 rings (SSSR count). The maximum absolute atomic E-state index is 11.8. The Morgan fingerprint density at radius 1 is 1.62 bits per heavy atom. The van der Waals surface area contributed by atoms with Crippen LogP contribution in [0.3, 0.4) is 0 Å². The van der Waals surface area contributed by atoms with Gasteiger partial charge < -0.3 is 10.6 Å². The van der Waals surface area contributed by atoms with Gasteiger partial charge in [-0.15, -0.1) is 11.8 Å². The Labute approximate surface area is 100.0 Å². The molecule has 1 aliphatic heterocycles. The average molecular weight is 236 g/mol. The average Bonchev–Trinajstić information content (AvgIpc) is 2.28. The molecule has 0 saturated heterocycles. The van der Waals surface area contributed by atoms with Crippen LogP contribution in [-0.2, 0) is 4.79 Å². The van der Waals surface area contributed by atoms with Crippen LogP contribution in [0, 0.1) is 6.92 Å². The number of thioether (sulfide) groups is 1. The lowest BCUT2D eigenvalue weighted by atomic mass is 10.1. The second kappa shape index (κ2) is 4.47. The summed E-state index contributed by atoms with van der Waals surface area (Å²) in [6.07, 6.45) is 0. The van der Waals surface area contributed by atoms with Crippen LogP contribution in [0.15, 0.2) is 23.1 Å². The molecule has 1 amide bonds. The molecule has 16 heavy (non-hydrogen) atoms. The van der Waals surface area contributed by atoms with Gasteiger partial charge in [-0.3, -0.25) is 4.79 Å². The van der Waals surface area contributed by atoms with Crippen molar-refractivity contribution in [2.24, 2.45) is 5.73 Å². The first-order valence-electron chi connectivity index (χ1n) is 5.39. The molecule has 0 aliphatic carbocycles. The highest BCUT2D eigenvalue weighted by Gasteiger charge is 2.27. The monoisotopic (exact) mass is 236 g/mol. The molecule has 0 saturated carbocycles. The lowest BCUT2D eigenvalue weighted by molar-refractivity contribution is -0.117. The number of aryl methyl sites for hydroxylation is 1. The van der Waals surface area contributed by atoms with Crippen LogP contribution in [0.2, 0.25) is 0 Å². The SMILES string of the molecule is Cc1ccc2c(c1)SCC(C)N2C(=O)CN. The van der Waals surface area contributed by atoms with Gasteiger partial charge in [-0.2, -0.15) is 0 Å². The highest BCUT2D eigenvalue weighted by Crippen LogP contribution is 2.37. The molecular formula is C12H16N2OS. The third-order valence-corrected chi connectivity index (χ3v) is 4.03. The summed E-state index contributed by atoms with van der Waals surface area (Å²) in [5.74, 6) is 0.931. The van der Waals surface area contributed by atoms with Crippen molar-refractivity contribution in [3.8, 4) is 0 Å². The van der Waals surface area contributed by atoms with E-state index in [9.17, 15) is 4.79 Å². The second-order valence-corrected chi connectivity index (χ2v) is 5.16. The van der Waals surface area contributed by atoms with Crippen LogP contribution < -0.4 is 10.6 Å². The summed E-state index contributed by atoms with van der Waals surface area (Å²) in [4.78, 5) is 14.8. The van der Waals surface area contributed by atoms with E-state index < -0.39 is 0 Å². The number of carbonyl (C=O) groups excluding carboxylic acids is 1. The first-order valence-corrected chi connectivity index (χ1v) is 6.37. The minimum Gasteiger partial charge on any atom is -0.322 e. The number of carbonyl (C=O) groups is 1. The lowest BCUT2D eigenvalue weighted by Crippen LogP contribution is -2.45. The second-order valence-electron chi connectivity index (χ2n) is 4.10. The number of hydrogen-bond donors (Lipinski definition) is 1. The lowest BCUT2D eigenvalue weighted by Gasteiger charge is -2.34. The van der Waals surface area contributed by atoms with Gasteiger partial charge in [-0.25, -0.2) is 0 Å². The number of anilines is 1. The van der Waals surface area contributed by atoms with Gasteiger partial charge in [0.25, 0.3) is 0 Å². The Kier molecular flexibility index (Phi) is 3.21. The number of fused-ring (bicyclic) bond motifs is 1. The molecular weight excluding hydrogens is 220 g/mol. The number of benzene rings is 1. The van der Waals surface area contributed by atoms with E-state index in [4.69, 9.17) is 5.73 Å². The summed E-state index contributed by atoms with van der Waals surface area (Å²) < 4.78 is 0. The minimum atomic E-state index is -0.00194. The van der Waals surface area contributed by atoms with Crippen molar-refractivity contribution in [3.05, 3.63) is 23.8 Å². The summed E-state index contributed by atoms with van der Waals surface area (Å²) in [6, 6.07) is 6.40. The summed E-state index contributed by atoms with van der Waals surface area (Å²) in [5.41, 5.74) is 7.68. The van der Waals surface area contributed by atoms with Gasteiger partial charge in [0.1, 0.15) is 0 Å². The molecule has 4 heteroatoms. The quantitative estimate of drug-likeness (QED) is 0.808. The maximum Gasteiger partial charge on any atom is 0.241 e. The van der Waals surface area contributed by atoms with Crippen LogP contribution in [-0.4, -0.2) is 24.2 Å². The summed E-state index contributed by atoms with van der Waals surface area (Å²) in [5, 5.41) is 0. The standard InChI is InChI=1S/C12H16N2OS/c1-8-3-4-10-11(5-8)16-7-9(2)14(10)12(15)6-13/h3-5,9H,6-7,13H2,1-2H3. The first-order chi connectivity index (χ1) is 7.63. The van der Waals surface area contributed by atoms with Gasteiger partial charge in [0.2, 0.25) is 5.91 Å². The smallest absolute Gasteiger partial charge is 0.241 e. The molecule has 1 atom stereocenters. The molecule has 1 heterocycles. The van der Waals surface area contributed by atoms with E-state index in [1.807, 2.05) is 28.8 Å². The van der Waals surface area contributed by atoms with Crippen LogP contribution in [0.1, 0.15) is 12.5 Å². The molecule has 1 unspecified atom stereocenters. The topological polar surface area (TPSA) is 46.3 Å². The number of nitrogens with zero attached hydrogens (tertiary/aromatic N) is 1. The minimum absolute atomic E-state index is 0.00194. The Hall–Kier alpha value is -1.00. The zero-order chi connectivity index (χ0) is 11.7. The molecule has 86 valence electrons. The van der Waals surface area contributed by atoms with Gasteiger partial charge in [0.15, 0.2) is 0 Å². The van der Waals surface area contributed by atoms with Crippen molar-refractivity contribution in [2.45, 2.75) is 24.8 Å². The van der Waals surface area contributed by atoms with Gasteiger partial charge in [0, 0.05) is 16.7 Å². The summed E-state index contributed by atoms with van der Waals surface area (Å²) in [7, 11) is 0. The molecule has 0 fully saturated rings. The Bertz CT molecular complexity index is 419. The predicted octanol–water partition coefficient (Wildman–Crippen LogP) is 1.78. The molecule has 1 aromatic carbocycles. The van der Waals surface area contributed by atoms with E-state index >= 15 is 0 Å². The van der Waals surface area contributed by atoms with Gasteiger partial charge in [-0.05, 0) is 31.5 Å². The van der Waals surface area contributed by atoms with Gasteiger partial charge >= 0.3 is 0 Å². The zero-order valence-electron chi connectivity index (χ0n) is 9.56. The fraction of sp³-hybridized carbons (Fsp3) is 0.417. The van der Waals surface area contributed by atoms with E-state index in [1.165, 1.54) is 10.5 Å². The normalized spacial score (nSPS) is 19.4. The number of rotatable bonds is 1. The molecule has 0 radical (unpaired) electrons. The Balaban J connectivity index is 2.44. The van der Waals surface area contributed by atoms with Crippen molar-refractivity contribution in [3.63, 3.8) is 0 Å². The van der Waals surface area contributed by atoms with Crippen molar-refractivity contribution < 1.29 is 4.79 Å². The molecule has 0 spiro atoms. The molecule has 1 aromatic rings. The first kappa shape index (κ1) is 11.5. The van der Waals surface area contributed by atoms with Crippen LogP contribution in [0.5, 0.6) is 0 Å². The highest BCUT2D eigenvalue weighted by atomic mass is 32.2. The van der Waals surface area contributed by atoms with Crippen molar-refractivity contribution in [2.75, 3.05) is 17.2 Å². The molecule has 0 aromatic heterocycles. The Morgan fingerprint density at radius 3 is 3.06 bits per heavy atom. The van der Waals surface area contributed by atoms with E-state index in [2.05, 4.69) is 19.9 Å². The van der Waals surface area contributed by atoms with Gasteiger partial charge in [0.05, 0.1) is 12.2 Å². The predicted molar refractivity (Wildman–Crippen MR) is 67.9 cm³/mol. The summed E-state index contributed by atoms with van der Waals surface area (Å²) in [6.45, 7) is 4.19. The fourth-order valence-electron chi connectivity index (χ4n) is 1.94. The molecule has 1 aliphatic rings. The molecule has 2 N–H and O–H groups in total. The molecule has 3 nitrogen and oxygen atoms in total. The van der Waals surface area contributed by atoms with Crippen molar-refractivity contribution in [1.29, 1.82) is 0 Å². The van der Waals surface area contributed by atoms with Crippen LogP contribution >= 0.6 is 11.8 Å². The fourth-order valence-corrected chi connectivity index (χ4v) is 3.09. The largest absolute Gasteiger partial charge is 0.322 e. The van der Waals surface area contributed by atoms with E-state index in [0.717, 1.165) is 11.4 Å². The van der Waals surface area contributed by atoms with Gasteiger partial charge in [-0.1, -0.05) is 6.07 Å². The number of nitrogens with two attached hydrogens (primary N) is 1. The third kappa shape index (κ3) is 1.95. The van der Waals surface area contributed by atoms with Crippen LogP contribution in [0.25, 0.3) is 0 Å². The van der Waals surface area contributed by atoms with Crippen LogP contribution in [0.4, 0.5) is 5.69 Å². The van der Waals surface area contributed by atoms with E-state index in [-0.39, 0.29) is 18.5 Å². The number of hydrogen-bond acceptors (Lipinski definition) is 3.